The average Bonchev–Trinajstić information content (AvgIpc) is 3.13. The molecule has 4 nitrogen and oxygen atoms in total. The summed E-state index contributed by atoms with van der Waals surface area (Å²) in [7, 11) is 0. The van der Waals surface area contributed by atoms with Crippen molar-refractivity contribution in [2.45, 2.75) is 25.7 Å². The third-order valence-electron chi connectivity index (χ3n) is 5.05. The number of hydrogen-bond donors (Lipinski definition) is 1. The number of ketones is 1. The quantitative estimate of drug-likeness (QED) is 0.667. The fourth-order valence-electron chi connectivity index (χ4n) is 3.78. The van der Waals surface area contributed by atoms with Crippen LogP contribution in [0.2, 0.25) is 0 Å². The zero-order valence-corrected chi connectivity index (χ0v) is 14.6. The summed E-state index contributed by atoms with van der Waals surface area (Å²) < 4.78 is 0. The molecule has 0 fully saturated rings. The maximum atomic E-state index is 11.8. The lowest BCUT2D eigenvalue weighted by atomic mass is 9.83. The summed E-state index contributed by atoms with van der Waals surface area (Å²) in [5.41, 5.74) is 5.29. The number of aromatic amines is 1. The van der Waals surface area contributed by atoms with Crippen molar-refractivity contribution in [3.63, 3.8) is 0 Å². The van der Waals surface area contributed by atoms with Gasteiger partial charge in [-0.05, 0) is 42.4 Å². The number of nitrogens with one attached hydrogen (secondary N) is 1. The van der Waals surface area contributed by atoms with Crippen LogP contribution in [-0.2, 0) is 4.79 Å². The first-order chi connectivity index (χ1) is 12.8. The number of carbonyl (C=O) groups is 1. The summed E-state index contributed by atoms with van der Waals surface area (Å²) in [4.78, 5) is 24.1. The van der Waals surface area contributed by atoms with E-state index in [9.17, 15) is 4.79 Å². The molecule has 1 aliphatic carbocycles. The molecule has 1 atom stereocenters. The standard InChI is InChI=1S/C22H21N3O/c1-2-18(26)12-15-7-6-10-17(11-15)21-20-19(16-8-4-3-5-9-16)13-23-22(20)25-14-24-21/h2-5,8-10,13-15H,1,6-7,11-12H2,(H,23,24,25). The van der Waals surface area contributed by atoms with Gasteiger partial charge in [0.2, 0.25) is 0 Å². The zero-order valence-electron chi connectivity index (χ0n) is 14.6. The maximum absolute atomic E-state index is 11.8. The van der Waals surface area contributed by atoms with Crippen LogP contribution in [0.25, 0.3) is 27.7 Å². The first-order valence-electron chi connectivity index (χ1n) is 8.98. The molecule has 0 radical (unpaired) electrons. The van der Waals surface area contributed by atoms with Crippen LogP contribution in [0.1, 0.15) is 31.4 Å². The van der Waals surface area contributed by atoms with Crippen LogP contribution < -0.4 is 0 Å². The third-order valence-corrected chi connectivity index (χ3v) is 5.05. The van der Waals surface area contributed by atoms with E-state index < -0.39 is 0 Å². The molecule has 3 aromatic rings. The van der Waals surface area contributed by atoms with Crippen molar-refractivity contribution in [1.29, 1.82) is 0 Å². The van der Waals surface area contributed by atoms with Crippen LogP contribution in [0.4, 0.5) is 0 Å². The predicted molar refractivity (Wildman–Crippen MR) is 104 cm³/mol. The van der Waals surface area contributed by atoms with Gasteiger partial charge in [-0.3, -0.25) is 4.79 Å². The molecule has 1 aromatic carbocycles. The smallest absolute Gasteiger partial charge is 0.155 e. The first-order valence-corrected chi connectivity index (χ1v) is 8.98. The first kappa shape index (κ1) is 16.5. The van der Waals surface area contributed by atoms with Crippen molar-refractivity contribution in [2.75, 3.05) is 0 Å². The van der Waals surface area contributed by atoms with Crippen molar-refractivity contribution in [3.8, 4) is 11.1 Å². The SMILES string of the molecule is C=CC(=O)CC1CCC=C(c2ncnc3[nH]cc(-c4ccccc4)c23)C1. The number of fused-ring (bicyclic) bond motifs is 1. The van der Waals surface area contributed by atoms with Gasteiger partial charge in [-0.1, -0.05) is 43.0 Å². The molecule has 0 saturated carbocycles. The lowest BCUT2D eigenvalue weighted by molar-refractivity contribution is -0.115. The Morgan fingerprint density at radius 2 is 2.12 bits per heavy atom. The minimum atomic E-state index is 0.121. The van der Waals surface area contributed by atoms with E-state index in [1.54, 1.807) is 6.33 Å². The highest BCUT2D eigenvalue weighted by Gasteiger charge is 2.22. The van der Waals surface area contributed by atoms with Crippen molar-refractivity contribution in [2.24, 2.45) is 5.92 Å². The van der Waals surface area contributed by atoms with Gasteiger partial charge in [0.15, 0.2) is 5.78 Å². The molecular weight excluding hydrogens is 322 g/mol. The van der Waals surface area contributed by atoms with E-state index >= 15 is 0 Å². The number of rotatable bonds is 5. The van der Waals surface area contributed by atoms with Crippen LogP contribution in [0.5, 0.6) is 0 Å². The minimum absolute atomic E-state index is 0.121. The second-order valence-corrected chi connectivity index (χ2v) is 6.77. The molecule has 0 aliphatic heterocycles. The summed E-state index contributed by atoms with van der Waals surface area (Å²) in [6.45, 7) is 3.59. The summed E-state index contributed by atoms with van der Waals surface area (Å²) in [6.07, 6.45) is 10.7. The van der Waals surface area contributed by atoms with Gasteiger partial charge in [0.05, 0.1) is 11.1 Å². The number of allylic oxidation sites excluding steroid dienone is 3. The van der Waals surface area contributed by atoms with Crippen molar-refractivity contribution >= 4 is 22.4 Å². The number of hydrogen-bond acceptors (Lipinski definition) is 3. The molecule has 2 aromatic heterocycles. The van der Waals surface area contributed by atoms with E-state index in [2.05, 4.69) is 39.7 Å². The minimum Gasteiger partial charge on any atom is -0.345 e. The lowest BCUT2D eigenvalue weighted by Crippen LogP contribution is -2.11. The Kier molecular flexibility index (Phi) is 4.48. The normalized spacial score (nSPS) is 17.1. The van der Waals surface area contributed by atoms with E-state index in [0.29, 0.717) is 12.3 Å². The molecule has 26 heavy (non-hydrogen) atoms. The Morgan fingerprint density at radius 1 is 1.27 bits per heavy atom. The monoisotopic (exact) mass is 343 g/mol. The molecule has 1 unspecified atom stereocenters. The molecule has 4 heteroatoms. The molecule has 4 rings (SSSR count). The Labute approximate surface area is 152 Å². The molecule has 130 valence electrons. The number of benzene rings is 1. The second kappa shape index (κ2) is 7.08. The molecular formula is C22H21N3O. The van der Waals surface area contributed by atoms with Crippen molar-refractivity contribution in [1.82, 2.24) is 15.0 Å². The van der Waals surface area contributed by atoms with Gasteiger partial charge in [-0.2, -0.15) is 0 Å². The van der Waals surface area contributed by atoms with Gasteiger partial charge in [-0.25, -0.2) is 9.97 Å². The van der Waals surface area contributed by atoms with Crippen LogP contribution >= 0.6 is 0 Å². The van der Waals surface area contributed by atoms with Gasteiger partial charge in [-0.15, -0.1) is 0 Å². The third kappa shape index (κ3) is 3.10. The summed E-state index contributed by atoms with van der Waals surface area (Å²) >= 11 is 0. The molecule has 0 spiro atoms. The fourth-order valence-corrected chi connectivity index (χ4v) is 3.78. The number of carbonyl (C=O) groups excluding carboxylic acids is 1. The molecule has 0 saturated heterocycles. The molecule has 1 aliphatic rings. The number of H-pyrrole nitrogens is 1. The van der Waals surface area contributed by atoms with Crippen LogP contribution in [0.15, 0.2) is 61.6 Å². The van der Waals surface area contributed by atoms with Gasteiger partial charge < -0.3 is 4.98 Å². The van der Waals surface area contributed by atoms with E-state index in [0.717, 1.165) is 47.1 Å². The summed E-state index contributed by atoms with van der Waals surface area (Å²) in [5, 5.41) is 1.06. The van der Waals surface area contributed by atoms with Crippen molar-refractivity contribution in [3.05, 3.63) is 67.3 Å². The Bertz CT molecular complexity index is 985. The zero-order chi connectivity index (χ0) is 17.9. The Hall–Kier alpha value is -3.01. The maximum Gasteiger partial charge on any atom is 0.155 e. The van der Waals surface area contributed by atoms with E-state index in [1.165, 1.54) is 11.6 Å². The highest BCUT2D eigenvalue weighted by Crippen LogP contribution is 2.37. The van der Waals surface area contributed by atoms with Gasteiger partial charge >= 0.3 is 0 Å². The largest absolute Gasteiger partial charge is 0.345 e. The van der Waals surface area contributed by atoms with Gasteiger partial charge in [0.25, 0.3) is 0 Å². The highest BCUT2D eigenvalue weighted by molar-refractivity contribution is 6.00. The van der Waals surface area contributed by atoms with Crippen LogP contribution in [-0.4, -0.2) is 20.7 Å². The van der Waals surface area contributed by atoms with Gasteiger partial charge in [0, 0.05) is 18.2 Å². The second-order valence-electron chi connectivity index (χ2n) is 6.77. The predicted octanol–water partition coefficient (Wildman–Crippen LogP) is 4.95. The van der Waals surface area contributed by atoms with Crippen LogP contribution in [0, 0.1) is 5.92 Å². The molecule has 0 bridgehead atoms. The number of nitrogens with zero attached hydrogens (tertiary/aromatic N) is 2. The average molecular weight is 343 g/mol. The number of aromatic nitrogens is 3. The summed E-state index contributed by atoms with van der Waals surface area (Å²) in [5.74, 6) is 0.473. The molecule has 0 amide bonds. The van der Waals surface area contributed by atoms with E-state index in [1.807, 2.05) is 24.4 Å². The summed E-state index contributed by atoms with van der Waals surface area (Å²) in [6, 6.07) is 10.3. The Morgan fingerprint density at radius 3 is 2.92 bits per heavy atom. The fraction of sp³-hybridized carbons (Fsp3) is 0.227. The van der Waals surface area contributed by atoms with E-state index in [-0.39, 0.29) is 5.78 Å². The topological polar surface area (TPSA) is 58.6 Å². The lowest BCUT2D eigenvalue weighted by Gasteiger charge is -2.22. The van der Waals surface area contributed by atoms with Gasteiger partial charge in [0.1, 0.15) is 12.0 Å². The van der Waals surface area contributed by atoms with Crippen LogP contribution in [0.3, 0.4) is 0 Å². The molecule has 2 heterocycles. The molecule has 1 N–H and O–H groups in total. The highest BCUT2D eigenvalue weighted by atomic mass is 16.1. The van der Waals surface area contributed by atoms with Crippen molar-refractivity contribution < 1.29 is 4.79 Å². The van der Waals surface area contributed by atoms with E-state index in [4.69, 9.17) is 0 Å². The Balaban J connectivity index is 1.75.